The fraction of sp³-hybridized carbons (Fsp3) is 0.364. The van der Waals surface area contributed by atoms with Crippen molar-refractivity contribution < 1.29 is 17.9 Å². The van der Waals surface area contributed by atoms with E-state index in [9.17, 15) is 13.2 Å². The Balaban J connectivity index is 1.80. The maximum atomic E-state index is 12.0. The first-order valence-corrected chi connectivity index (χ1v) is 6.50. The molecule has 0 unspecified atom stereocenters. The molecule has 1 heterocycles. The van der Waals surface area contributed by atoms with Gasteiger partial charge in [0.2, 0.25) is 0 Å². The Morgan fingerprint density at radius 2 is 1.95 bits per heavy atom. The zero-order valence-corrected chi connectivity index (χ0v) is 10.6. The molecule has 8 heteroatoms. The monoisotopic (exact) mass is 291 g/mol. The molecular weight excluding hydrogens is 279 g/mol. The van der Waals surface area contributed by atoms with Crippen LogP contribution in [0.1, 0.15) is 0 Å². The Bertz CT molecular complexity index is 447. The third kappa shape index (κ3) is 4.90. The molecule has 2 rings (SSSR count). The highest BCUT2D eigenvalue weighted by Crippen LogP contribution is 2.20. The van der Waals surface area contributed by atoms with Crippen LogP contribution < -0.4 is 15.6 Å². The van der Waals surface area contributed by atoms with Crippen molar-refractivity contribution in [1.29, 1.82) is 0 Å². The number of benzene rings is 1. The molecule has 0 saturated carbocycles. The molecule has 2 N–H and O–H groups in total. The Morgan fingerprint density at radius 3 is 2.53 bits per heavy atom. The number of amidine groups is 1. The summed E-state index contributed by atoms with van der Waals surface area (Å²) in [6, 6.07) is 6.19. The lowest BCUT2D eigenvalue weighted by molar-refractivity contribution is -0.153. The number of aliphatic imine (C=N–C) groups is 1. The predicted octanol–water partition coefficient (Wildman–Crippen LogP) is 2.65. The Labute approximate surface area is 112 Å². The summed E-state index contributed by atoms with van der Waals surface area (Å²) in [6.07, 6.45) is -4.32. The molecule has 0 radical (unpaired) electrons. The molecule has 0 saturated heterocycles. The molecular formula is C11H12F3N3OS. The smallest absolute Gasteiger partial charge is 0.422 e. The third-order valence-corrected chi connectivity index (χ3v) is 3.05. The fourth-order valence-electron chi connectivity index (χ4n) is 1.34. The van der Waals surface area contributed by atoms with E-state index in [1.807, 2.05) is 0 Å². The SMILES string of the molecule is FC(F)(F)COc1ccc(NNC2=NCCS2)cc1. The van der Waals surface area contributed by atoms with Crippen molar-refractivity contribution in [3.8, 4) is 5.75 Å². The van der Waals surface area contributed by atoms with E-state index >= 15 is 0 Å². The summed E-state index contributed by atoms with van der Waals surface area (Å²) in [4.78, 5) is 4.18. The summed E-state index contributed by atoms with van der Waals surface area (Å²) in [6.45, 7) is -0.496. The number of rotatable bonds is 4. The molecule has 0 aromatic heterocycles. The van der Waals surface area contributed by atoms with Crippen molar-refractivity contribution in [3.05, 3.63) is 24.3 Å². The number of hydrazine groups is 1. The van der Waals surface area contributed by atoms with Crippen LogP contribution in [0.5, 0.6) is 5.75 Å². The number of nitrogens with zero attached hydrogens (tertiary/aromatic N) is 1. The summed E-state index contributed by atoms with van der Waals surface area (Å²) in [5.41, 5.74) is 6.54. The molecule has 0 aliphatic carbocycles. The lowest BCUT2D eigenvalue weighted by Gasteiger charge is -2.11. The van der Waals surface area contributed by atoms with E-state index in [0.717, 1.165) is 23.2 Å². The van der Waals surface area contributed by atoms with Crippen molar-refractivity contribution in [2.24, 2.45) is 4.99 Å². The van der Waals surface area contributed by atoms with E-state index in [1.165, 1.54) is 12.1 Å². The van der Waals surface area contributed by atoms with Gasteiger partial charge in [-0.3, -0.25) is 15.8 Å². The average molecular weight is 291 g/mol. The molecule has 0 bridgehead atoms. The fourth-order valence-corrected chi connectivity index (χ4v) is 2.02. The zero-order chi connectivity index (χ0) is 13.7. The second-order valence-corrected chi connectivity index (χ2v) is 4.80. The molecule has 19 heavy (non-hydrogen) atoms. The number of halogens is 3. The van der Waals surface area contributed by atoms with Gasteiger partial charge in [-0.1, -0.05) is 11.8 Å². The normalized spacial score (nSPS) is 15.0. The van der Waals surface area contributed by atoms with Crippen LogP contribution in [0.25, 0.3) is 0 Å². The Kier molecular flexibility index (Phi) is 4.41. The number of anilines is 1. The van der Waals surface area contributed by atoms with E-state index in [2.05, 4.69) is 20.6 Å². The summed E-state index contributed by atoms with van der Waals surface area (Å²) in [7, 11) is 0. The largest absolute Gasteiger partial charge is 0.484 e. The maximum Gasteiger partial charge on any atom is 0.422 e. The number of ether oxygens (including phenoxy) is 1. The first-order valence-electron chi connectivity index (χ1n) is 5.52. The number of hydrogen-bond donors (Lipinski definition) is 2. The van der Waals surface area contributed by atoms with Crippen LogP contribution in [-0.2, 0) is 0 Å². The van der Waals surface area contributed by atoms with Crippen LogP contribution in [0.4, 0.5) is 18.9 Å². The molecule has 0 amide bonds. The van der Waals surface area contributed by atoms with Gasteiger partial charge in [0.25, 0.3) is 0 Å². The van der Waals surface area contributed by atoms with Gasteiger partial charge in [0, 0.05) is 5.75 Å². The van der Waals surface area contributed by atoms with E-state index in [0.29, 0.717) is 0 Å². The highest BCUT2D eigenvalue weighted by molar-refractivity contribution is 8.14. The third-order valence-electron chi connectivity index (χ3n) is 2.16. The van der Waals surface area contributed by atoms with E-state index < -0.39 is 12.8 Å². The molecule has 0 atom stereocenters. The average Bonchev–Trinajstić information content (AvgIpc) is 2.87. The summed E-state index contributed by atoms with van der Waals surface area (Å²) >= 11 is 1.60. The Morgan fingerprint density at radius 1 is 1.21 bits per heavy atom. The highest BCUT2D eigenvalue weighted by atomic mass is 32.2. The Hall–Kier alpha value is -1.57. The maximum absolute atomic E-state index is 12.0. The van der Waals surface area contributed by atoms with E-state index in [1.54, 1.807) is 23.9 Å². The van der Waals surface area contributed by atoms with Gasteiger partial charge in [-0.15, -0.1) is 0 Å². The second kappa shape index (κ2) is 6.05. The first-order chi connectivity index (χ1) is 9.03. The first kappa shape index (κ1) is 13.9. The van der Waals surface area contributed by atoms with Crippen LogP contribution in [-0.4, -0.2) is 30.2 Å². The van der Waals surface area contributed by atoms with Gasteiger partial charge in [-0.2, -0.15) is 13.2 Å². The van der Waals surface area contributed by atoms with Gasteiger partial charge in [-0.05, 0) is 24.3 Å². The van der Waals surface area contributed by atoms with Gasteiger partial charge in [0.15, 0.2) is 11.8 Å². The number of hydrogen-bond acceptors (Lipinski definition) is 5. The predicted molar refractivity (Wildman–Crippen MR) is 69.5 cm³/mol. The van der Waals surface area contributed by atoms with E-state index in [4.69, 9.17) is 0 Å². The minimum Gasteiger partial charge on any atom is -0.484 e. The van der Waals surface area contributed by atoms with Crippen molar-refractivity contribution in [2.75, 3.05) is 24.3 Å². The number of alkyl halides is 3. The van der Waals surface area contributed by atoms with Gasteiger partial charge in [0.05, 0.1) is 12.2 Å². The second-order valence-electron chi connectivity index (χ2n) is 3.71. The van der Waals surface area contributed by atoms with Crippen LogP contribution >= 0.6 is 11.8 Å². The summed E-state index contributed by atoms with van der Waals surface area (Å²) in [5.74, 6) is 1.13. The summed E-state index contributed by atoms with van der Waals surface area (Å²) in [5, 5.41) is 0.803. The topological polar surface area (TPSA) is 45.6 Å². The molecule has 1 aromatic rings. The lowest BCUT2D eigenvalue weighted by Crippen LogP contribution is -2.25. The van der Waals surface area contributed by atoms with Crippen LogP contribution in [0.2, 0.25) is 0 Å². The minimum atomic E-state index is -4.32. The summed E-state index contributed by atoms with van der Waals surface area (Å²) < 4.78 is 40.5. The van der Waals surface area contributed by atoms with Gasteiger partial charge >= 0.3 is 6.18 Å². The van der Waals surface area contributed by atoms with Gasteiger partial charge in [-0.25, -0.2) is 0 Å². The van der Waals surface area contributed by atoms with Crippen molar-refractivity contribution in [1.82, 2.24) is 5.43 Å². The molecule has 104 valence electrons. The van der Waals surface area contributed by atoms with Gasteiger partial charge in [0.1, 0.15) is 5.75 Å². The zero-order valence-electron chi connectivity index (χ0n) is 9.83. The number of nitrogens with one attached hydrogen (secondary N) is 2. The molecule has 4 nitrogen and oxygen atoms in total. The molecule has 0 fully saturated rings. The van der Waals surface area contributed by atoms with Gasteiger partial charge < -0.3 is 4.74 Å². The van der Waals surface area contributed by atoms with Crippen molar-refractivity contribution in [3.63, 3.8) is 0 Å². The van der Waals surface area contributed by atoms with E-state index in [-0.39, 0.29) is 5.75 Å². The molecule has 1 aliphatic rings. The van der Waals surface area contributed by atoms with Crippen LogP contribution in [0.3, 0.4) is 0 Å². The molecule has 1 aliphatic heterocycles. The molecule has 1 aromatic carbocycles. The van der Waals surface area contributed by atoms with Crippen LogP contribution in [0.15, 0.2) is 29.3 Å². The lowest BCUT2D eigenvalue weighted by atomic mass is 10.3. The standard InChI is InChI=1S/C11H12F3N3OS/c12-11(13,14)7-18-9-3-1-8(2-4-9)16-17-10-15-5-6-19-10/h1-4,16H,5-7H2,(H,15,17). The molecule has 0 spiro atoms. The quantitative estimate of drug-likeness (QED) is 0.837. The number of thioether (sulfide) groups is 1. The minimum absolute atomic E-state index is 0.176. The van der Waals surface area contributed by atoms with Crippen molar-refractivity contribution in [2.45, 2.75) is 6.18 Å². The van der Waals surface area contributed by atoms with Crippen molar-refractivity contribution >= 4 is 22.6 Å². The highest BCUT2D eigenvalue weighted by Gasteiger charge is 2.28. The van der Waals surface area contributed by atoms with Crippen LogP contribution in [0, 0.1) is 0 Å².